The summed E-state index contributed by atoms with van der Waals surface area (Å²) in [5.41, 5.74) is 0.478. The predicted octanol–water partition coefficient (Wildman–Crippen LogP) is 1.62. The monoisotopic (exact) mass is 316 g/mol. The summed E-state index contributed by atoms with van der Waals surface area (Å²) in [4.78, 5) is 9.02. The Morgan fingerprint density at radius 2 is 2.13 bits per heavy atom. The fourth-order valence-corrected chi connectivity index (χ4v) is 3.02. The lowest BCUT2D eigenvalue weighted by atomic mass is 10.2. The average Bonchev–Trinajstić information content (AvgIpc) is 2.63. The number of anilines is 1. The lowest BCUT2D eigenvalue weighted by molar-refractivity contribution is -0.164. The Kier molecular flexibility index (Phi) is 5.81. The number of hydrogen-bond acceptors (Lipinski definition) is 6. The molecule has 124 valence electrons. The first-order valence-electron chi connectivity index (χ1n) is 8.43. The third-order valence-electron chi connectivity index (χ3n) is 4.39. The molecule has 1 atom stereocenters. The van der Waals surface area contributed by atoms with Gasteiger partial charge >= 0.3 is 0 Å². The summed E-state index contributed by atoms with van der Waals surface area (Å²) in [5.74, 6) is 0.899. The van der Waals surface area contributed by atoms with Crippen LogP contribution in [0.4, 0.5) is 5.82 Å². The van der Waals surface area contributed by atoms with Crippen LogP contribution in [0.3, 0.4) is 0 Å². The smallest absolute Gasteiger partial charge is 0.157 e. The number of nitrogens with zero attached hydrogens (tertiary/aromatic N) is 4. The normalized spacial score (nSPS) is 22.7. The van der Waals surface area contributed by atoms with Crippen LogP contribution in [0, 0.1) is 11.3 Å². The van der Waals surface area contributed by atoms with E-state index >= 15 is 0 Å². The number of ether oxygens (including phenoxy) is 2. The molecule has 1 aromatic rings. The van der Waals surface area contributed by atoms with Gasteiger partial charge in [-0.3, -0.25) is 4.90 Å². The number of hydrogen-bond donors (Lipinski definition) is 0. The Morgan fingerprint density at radius 1 is 1.26 bits per heavy atom. The van der Waals surface area contributed by atoms with Crippen LogP contribution in [-0.4, -0.2) is 62.1 Å². The van der Waals surface area contributed by atoms with Gasteiger partial charge in [0.15, 0.2) is 6.29 Å². The molecule has 0 aromatic carbocycles. The molecule has 6 nitrogen and oxygen atoms in total. The van der Waals surface area contributed by atoms with Gasteiger partial charge in [-0.2, -0.15) is 5.26 Å². The summed E-state index contributed by atoms with van der Waals surface area (Å²) < 4.78 is 11.4. The minimum absolute atomic E-state index is 0.00274. The molecular weight excluding hydrogens is 292 g/mol. The van der Waals surface area contributed by atoms with Crippen LogP contribution in [0.1, 0.15) is 25.0 Å². The maximum Gasteiger partial charge on any atom is 0.157 e. The van der Waals surface area contributed by atoms with Crippen LogP contribution in [-0.2, 0) is 9.47 Å². The number of aromatic nitrogens is 1. The van der Waals surface area contributed by atoms with Gasteiger partial charge in [0.25, 0.3) is 0 Å². The number of piperazine rings is 1. The van der Waals surface area contributed by atoms with Gasteiger partial charge in [-0.05, 0) is 31.4 Å². The van der Waals surface area contributed by atoms with E-state index in [9.17, 15) is 0 Å². The molecule has 3 rings (SSSR count). The van der Waals surface area contributed by atoms with Crippen molar-refractivity contribution in [3.8, 4) is 6.07 Å². The molecule has 1 aromatic heterocycles. The summed E-state index contributed by atoms with van der Waals surface area (Å²) in [7, 11) is 0. The number of rotatable bonds is 5. The van der Waals surface area contributed by atoms with E-state index in [2.05, 4.69) is 20.9 Å². The molecule has 2 aliphatic heterocycles. The Bertz CT molecular complexity index is 532. The van der Waals surface area contributed by atoms with E-state index in [1.165, 1.54) is 6.42 Å². The van der Waals surface area contributed by atoms with Crippen LogP contribution in [0.15, 0.2) is 18.2 Å². The number of pyridine rings is 1. The first kappa shape index (κ1) is 16.2. The summed E-state index contributed by atoms with van der Waals surface area (Å²) in [6.07, 6.45) is 3.39. The second-order valence-corrected chi connectivity index (χ2v) is 5.99. The Hall–Kier alpha value is -1.68. The molecular formula is C17H24N4O2. The van der Waals surface area contributed by atoms with E-state index in [1.54, 1.807) is 6.07 Å². The van der Waals surface area contributed by atoms with Crippen molar-refractivity contribution in [3.63, 3.8) is 0 Å². The van der Waals surface area contributed by atoms with Crippen molar-refractivity contribution in [2.75, 3.05) is 50.8 Å². The Labute approximate surface area is 137 Å². The summed E-state index contributed by atoms with van der Waals surface area (Å²) in [6.45, 7) is 6.36. The first-order valence-corrected chi connectivity index (χ1v) is 8.43. The molecule has 0 saturated carbocycles. The fourth-order valence-electron chi connectivity index (χ4n) is 3.02. The van der Waals surface area contributed by atoms with Crippen molar-refractivity contribution >= 4 is 5.82 Å². The molecule has 2 aliphatic rings. The van der Waals surface area contributed by atoms with E-state index in [4.69, 9.17) is 14.7 Å². The number of nitriles is 1. The van der Waals surface area contributed by atoms with Crippen LogP contribution in [0.25, 0.3) is 0 Å². The van der Waals surface area contributed by atoms with Crippen molar-refractivity contribution in [2.24, 2.45) is 0 Å². The molecule has 0 spiro atoms. The molecule has 0 bridgehead atoms. The van der Waals surface area contributed by atoms with Crippen molar-refractivity contribution in [1.82, 2.24) is 9.88 Å². The fraction of sp³-hybridized carbons (Fsp3) is 0.647. The quantitative estimate of drug-likeness (QED) is 0.822. The summed E-state index contributed by atoms with van der Waals surface area (Å²) in [6, 6.07) is 7.70. The topological polar surface area (TPSA) is 61.6 Å². The second kappa shape index (κ2) is 8.25. The zero-order chi connectivity index (χ0) is 15.9. The molecule has 6 heteroatoms. The van der Waals surface area contributed by atoms with Crippen molar-refractivity contribution in [1.29, 1.82) is 5.26 Å². The largest absolute Gasteiger partial charge is 0.354 e. The van der Waals surface area contributed by atoms with Gasteiger partial charge in [0, 0.05) is 39.3 Å². The second-order valence-electron chi connectivity index (χ2n) is 5.99. The van der Waals surface area contributed by atoms with E-state index in [0.717, 1.165) is 64.6 Å². The molecule has 0 N–H and O–H groups in total. The first-order chi connectivity index (χ1) is 11.3. The van der Waals surface area contributed by atoms with Gasteiger partial charge in [0.05, 0.1) is 6.61 Å². The maximum absolute atomic E-state index is 8.94. The highest BCUT2D eigenvalue weighted by Gasteiger charge is 2.19. The van der Waals surface area contributed by atoms with E-state index < -0.39 is 0 Å². The van der Waals surface area contributed by atoms with E-state index in [1.807, 2.05) is 12.1 Å². The van der Waals surface area contributed by atoms with Crippen LogP contribution in [0.2, 0.25) is 0 Å². The van der Waals surface area contributed by atoms with Crippen LogP contribution in [0.5, 0.6) is 0 Å². The SMILES string of the molecule is N#Cc1cccc(N2CCN(CCOC3CCCCO3)CC2)n1. The molecule has 2 saturated heterocycles. The minimum atomic E-state index is 0.00274. The molecule has 0 amide bonds. The molecule has 1 unspecified atom stereocenters. The van der Waals surface area contributed by atoms with Crippen molar-refractivity contribution in [2.45, 2.75) is 25.6 Å². The standard InChI is InChI=1S/C17H24N4O2/c18-14-15-4-3-5-16(19-15)21-9-7-20(8-10-21)11-13-23-17-6-1-2-12-22-17/h3-5,17H,1-2,6-13H2. The lowest BCUT2D eigenvalue weighted by Crippen LogP contribution is -2.47. The lowest BCUT2D eigenvalue weighted by Gasteiger charge is -2.35. The highest BCUT2D eigenvalue weighted by atomic mass is 16.7. The van der Waals surface area contributed by atoms with Gasteiger partial charge < -0.3 is 14.4 Å². The Balaban J connectivity index is 1.39. The van der Waals surface area contributed by atoms with Crippen molar-refractivity contribution in [3.05, 3.63) is 23.9 Å². The zero-order valence-electron chi connectivity index (χ0n) is 13.5. The summed E-state index contributed by atoms with van der Waals surface area (Å²) in [5, 5.41) is 8.94. The predicted molar refractivity (Wildman–Crippen MR) is 87.1 cm³/mol. The van der Waals surface area contributed by atoms with Gasteiger partial charge in [-0.25, -0.2) is 4.98 Å². The average molecular weight is 316 g/mol. The van der Waals surface area contributed by atoms with Crippen molar-refractivity contribution < 1.29 is 9.47 Å². The van der Waals surface area contributed by atoms with E-state index in [-0.39, 0.29) is 6.29 Å². The molecule has 3 heterocycles. The minimum Gasteiger partial charge on any atom is -0.354 e. The Morgan fingerprint density at radius 3 is 2.87 bits per heavy atom. The molecule has 2 fully saturated rings. The summed E-state index contributed by atoms with van der Waals surface area (Å²) >= 11 is 0. The van der Waals surface area contributed by atoms with E-state index in [0.29, 0.717) is 5.69 Å². The van der Waals surface area contributed by atoms with Gasteiger partial charge in [-0.15, -0.1) is 0 Å². The maximum atomic E-state index is 8.94. The third kappa shape index (κ3) is 4.64. The molecule has 23 heavy (non-hydrogen) atoms. The highest BCUT2D eigenvalue weighted by Crippen LogP contribution is 2.15. The van der Waals surface area contributed by atoms with Crippen LogP contribution < -0.4 is 4.90 Å². The molecule has 0 radical (unpaired) electrons. The van der Waals surface area contributed by atoms with Gasteiger partial charge in [0.1, 0.15) is 17.6 Å². The van der Waals surface area contributed by atoms with Gasteiger partial charge in [0.2, 0.25) is 0 Å². The third-order valence-corrected chi connectivity index (χ3v) is 4.39. The van der Waals surface area contributed by atoms with Gasteiger partial charge in [-0.1, -0.05) is 6.07 Å². The zero-order valence-corrected chi connectivity index (χ0v) is 13.5. The highest BCUT2D eigenvalue weighted by molar-refractivity contribution is 5.42. The van der Waals surface area contributed by atoms with Crippen LogP contribution >= 0.6 is 0 Å². The molecule has 0 aliphatic carbocycles.